The summed E-state index contributed by atoms with van der Waals surface area (Å²) >= 11 is 6.46. The molecule has 0 aliphatic heterocycles. The number of carbonyl (C=O) groups is 1. The Kier molecular flexibility index (Phi) is 3.48. The lowest BCUT2D eigenvalue weighted by Crippen LogP contribution is -2.24. The van der Waals surface area contributed by atoms with E-state index >= 15 is 0 Å². The molecule has 1 aliphatic rings. The van der Waals surface area contributed by atoms with Gasteiger partial charge in [-0.1, -0.05) is 18.5 Å². The molecule has 1 aliphatic carbocycles. The number of aliphatic hydroxyl groups is 1. The molecule has 2 atom stereocenters. The van der Waals surface area contributed by atoms with Crippen LogP contribution in [-0.4, -0.2) is 30.2 Å². The maximum absolute atomic E-state index is 12.1. The zero-order chi connectivity index (χ0) is 18.7. The summed E-state index contributed by atoms with van der Waals surface area (Å²) in [5.41, 5.74) is 14.1. The first-order valence-corrected chi connectivity index (χ1v) is 8.39. The number of nitrogens with two attached hydrogens (primary N) is 2. The monoisotopic (exact) mass is 372 g/mol. The first kappa shape index (κ1) is 16.5. The second kappa shape index (κ2) is 5.50. The summed E-state index contributed by atoms with van der Waals surface area (Å²) in [7, 11) is 0. The third kappa shape index (κ3) is 2.05. The first-order valence-electron chi connectivity index (χ1n) is 8.01. The van der Waals surface area contributed by atoms with Crippen molar-refractivity contribution in [3.05, 3.63) is 46.6 Å². The van der Waals surface area contributed by atoms with Gasteiger partial charge in [0.15, 0.2) is 5.65 Å². The Bertz CT molecular complexity index is 1140. The molecule has 8 nitrogen and oxygen atoms in total. The van der Waals surface area contributed by atoms with Crippen molar-refractivity contribution in [3.8, 4) is 0 Å². The van der Waals surface area contributed by atoms with Crippen LogP contribution in [0.2, 0.25) is 0 Å². The highest BCUT2D eigenvalue weighted by atomic mass is 35.5. The molecule has 0 fully saturated rings. The van der Waals surface area contributed by atoms with Crippen LogP contribution in [0.3, 0.4) is 0 Å². The van der Waals surface area contributed by atoms with Crippen LogP contribution < -0.4 is 11.5 Å². The van der Waals surface area contributed by atoms with Gasteiger partial charge in [0.05, 0.1) is 22.9 Å². The van der Waals surface area contributed by atoms with Gasteiger partial charge in [0, 0.05) is 22.0 Å². The number of pyridine rings is 1. The van der Waals surface area contributed by atoms with Gasteiger partial charge in [-0.15, -0.1) is 0 Å². The molecular weight excluding hydrogens is 356 g/mol. The van der Waals surface area contributed by atoms with Crippen molar-refractivity contribution in [3.63, 3.8) is 0 Å². The zero-order valence-electron chi connectivity index (χ0n) is 14.1. The minimum atomic E-state index is -0.641. The number of aryl methyl sites for hydroxylation is 1. The molecule has 0 saturated heterocycles. The highest BCUT2D eigenvalue weighted by Crippen LogP contribution is 2.43. The number of allylic oxidation sites excluding steroid dienone is 4. The van der Waals surface area contributed by atoms with E-state index in [0.717, 1.165) is 5.69 Å². The van der Waals surface area contributed by atoms with E-state index in [2.05, 4.69) is 10.1 Å². The van der Waals surface area contributed by atoms with Crippen LogP contribution in [0.15, 0.2) is 35.3 Å². The van der Waals surface area contributed by atoms with Crippen molar-refractivity contribution < 1.29 is 9.90 Å². The Labute approximate surface area is 153 Å². The van der Waals surface area contributed by atoms with Gasteiger partial charge in [0.25, 0.3) is 5.91 Å². The first-order chi connectivity index (χ1) is 12.3. The maximum Gasteiger partial charge on any atom is 0.253 e. The molecule has 0 spiro atoms. The molecule has 0 saturated carbocycles. The normalized spacial score (nSPS) is 20.4. The molecule has 4 rings (SSSR count). The predicted octanol–water partition coefficient (Wildman–Crippen LogP) is 2.43. The van der Waals surface area contributed by atoms with Crippen LogP contribution in [0.5, 0.6) is 0 Å². The van der Waals surface area contributed by atoms with E-state index in [-0.39, 0.29) is 23.1 Å². The number of hydrogen-bond acceptors (Lipinski definition) is 5. The maximum atomic E-state index is 12.1. The van der Waals surface area contributed by atoms with Crippen LogP contribution in [0.1, 0.15) is 29.0 Å². The Morgan fingerprint density at radius 1 is 1.38 bits per heavy atom. The smallest absolute Gasteiger partial charge is 0.253 e. The molecule has 26 heavy (non-hydrogen) atoms. The standard InChI is InChI=1S/C17H17ClN6O2/c1-7-5-9-12(16(20)26)15(19)23(14(9)17-21-6-22-24(7)17)13-8(2)11(25)4-3-10(13)18/h3-6,8,13,25H,19H2,1-2H3,(H2,20,26)/t8-,13?/m1/s1. The average molecular weight is 373 g/mol. The summed E-state index contributed by atoms with van der Waals surface area (Å²) in [4.78, 5) is 16.5. The third-order valence-electron chi connectivity index (χ3n) is 4.89. The molecule has 0 aromatic carbocycles. The summed E-state index contributed by atoms with van der Waals surface area (Å²) in [6.07, 6.45) is 4.60. The second-order valence-electron chi connectivity index (χ2n) is 6.41. The van der Waals surface area contributed by atoms with E-state index in [1.807, 2.05) is 13.8 Å². The van der Waals surface area contributed by atoms with Gasteiger partial charge in [0.1, 0.15) is 12.1 Å². The topological polar surface area (TPSA) is 124 Å². The lowest BCUT2D eigenvalue weighted by atomic mass is 9.94. The Morgan fingerprint density at radius 3 is 2.81 bits per heavy atom. The minimum absolute atomic E-state index is 0.172. The van der Waals surface area contributed by atoms with Crippen molar-refractivity contribution in [2.24, 2.45) is 11.7 Å². The number of aliphatic hydroxyl groups excluding tert-OH is 1. The lowest BCUT2D eigenvalue weighted by molar-refractivity contribution is 0.100. The number of amides is 1. The minimum Gasteiger partial charge on any atom is -0.512 e. The fraction of sp³-hybridized carbons (Fsp3) is 0.235. The quantitative estimate of drug-likeness (QED) is 0.637. The van der Waals surface area contributed by atoms with Gasteiger partial charge in [-0.3, -0.25) is 4.79 Å². The van der Waals surface area contributed by atoms with Crippen molar-refractivity contribution in [2.75, 3.05) is 5.73 Å². The summed E-state index contributed by atoms with van der Waals surface area (Å²) in [5, 5.41) is 15.5. The molecule has 0 radical (unpaired) electrons. The van der Waals surface area contributed by atoms with Crippen molar-refractivity contribution >= 4 is 39.9 Å². The largest absolute Gasteiger partial charge is 0.512 e. The summed E-state index contributed by atoms with van der Waals surface area (Å²) < 4.78 is 3.37. The highest BCUT2D eigenvalue weighted by Gasteiger charge is 2.34. The highest BCUT2D eigenvalue weighted by molar-refractivity contribution is 6.30. The number of carbonyl (C=O) groups excluding carboxylic acids is 1. The molecule has 5 N–H and O–H groups in total. The number of rotatable bonds is 2. The number of anilines is 1. The van der Waals surface area contributed by atoms with Crippen molar-refractivity contribution in [1.29, 1.82) is 0 Å². The molecule has 9 heteroatoms. The predicted molar refractivity (Wildman–Crippen MR) is 99.0 cm³/mol. The van der Waals surface area contributed by atoms with Gasteiger partial charge < -0.3 is 21.1 Å². The molecule has 0 bridgehead atoms. The number of primary amides is 1. The van der Waals surface area contributed by atoms with Gasteiger partial charge in [-0.25, -0.2) is 9.50 Å². The van der Waals surface area contributed by atoms with Gasteiger partial charge in [-0.2, -0.15) is 5.10 Å². The van der Waals surface area contributed by atoms with Crippen LogP contribution in [-0.2, 0) is 0 Å². The van der Waals surface area contributed by atoms with E-state index in [9.17, 15) is 9.90 Å². The van der Waals surface area contributed by atoms with Crippen molar-refractivity contribution in [2.45, 2.75) is 19.9 Å². The fourth-order valence-corrected chi connectivity index (χ4v) is 3.99. The lowest BCUT2D eigenvalue weighted by Gasteiger charge is -2.29. The zero-order valence-corrected chi connectivity index (χ0v) is 14.9. The van der Waals surface area contributed by atoms with Crippen LogP contribution >= 0.6 is 11.6 Å². The third-order valence-corrected chi connectivity index (χ3v) is 5.24. The molecule has 3 aromatic heterocycles. The van der Waals surface area contributed by atoms with Crippen LogP contribution in [0.4, 0.5) is 5.82 Å². The van der Waals surface area contributed by atoms with Crippen molar-refractivity contribution in [1.82, 2.24) is 19.2 Å². The molecule has 3 aromatic rings. The SMILES string of the molecule is Cc1cc2c(C(N)=O)c(N)n(C3C(Cl)=CC=C(O)[C@H]3C)c2c2ncnn12. The van der Waals surface area contributed by atoms with E-state index < -0.39 is 11.9 Å². The Morgan fingerprint density at radius 2 is 2.12 bits per heavy atom. The van der Waals surface area contributed by atoms with E-state index in [4.69, 9.17) is 23.1 Å². The summed E-state index contributed by atoms with van der Waals surface area (Å²) in [6.45, 7) is 3.68. The molecule has 1 unspecified atom stereocenters. The Balaban J connectivity index is 2.18. The fourth-order valence-electron chi connectivity index (χ4n) is 3.64. The van der Waals surface area contributed by atoms with Gasteiger partial charge >= 0.3 is 0 Å². The van der Waals surface area contributed by atoms with Gasteiger partial charge in [0.2, 0.25) is 0 Å². The number of hydrogen-bond donors (Lipinski definition) is 3. The average Bonchev–Trinajstić information content (AvgIpc) is 3.15. The summed E-state index contributed by atoms with van der Waals surface area (Å²) in [6, 6.07) is 1.30. The molecular formula is C17H17ClN6O2. The van der Waals surface area contributed by atoms with E-state index in [0.29, 0.717) is 21.6 Å². The number of nitrogens with zero attached hydrogens (tertiary/aromatic N) is 4. The second-order valence-corrected chi connectivity index (χ2v) is 6.85. The van der Waals surface area contributed by atoms with Gasteiger partial charge in [-0.05, 0) is 25.1 Å². The number of aromatic nitrogens is 4. The van der Waals surface area contributed by atoms with Crippen LogP contribution in [0, 0.1) is 12.8 Å². The number of nitrogen functional groups attached to an aromatic ring is 1. The van der Waals surface area contributed by atoms with Crippen LogP contribution in [0.25, 0.3) is 16.6 Å². The van der Waals surface area contributed by atoms with E-state index in [1.54, 1.807) is 27.3 Å². The Hall–Kier alpha value is -3.00. The molecule has 3 heterocycles. The molecule has 134 valence electrons. The van der Waals surface area contributed by atoms with E-state index in [1.165, 1.54) is 6.33 Å². The number of halogens is 1. The number of fused-ring (bicyclic) bond motifs is 3. The molecule has 1 amide bonds. The summed E-state index contributed by atoms with van der Waals surface area (Å²) in [5.74, 6) is -0.639.